The second-order valence-corrected chi connectivity index (χ2v) is 6.80. The Morgan fingerprint density at radius 2 is 2.11 bits per heavy atom. The largest absolute Gasteiger partial charge is 0.493 e. The molecule has 0 saturated heterocycles. The highest BCUT2D eigenvalue weighted by Gasteiger charge is 2.11. The van der Waals surface area contributed by atoms with Gasteiger partial charge < -0.3 is 14.6 Å². The van der Waals surface area contributed by atoms with Crippen molar-refractivity contribution in [1.82, 2.24) is 14.9 Å². The Hall–Kier alpha value is -3.34. The summed E-state index contributed by atoms with van der Waals surface area (Å²) >= 11 is 0. The van der Waals surface area contributed by atoms with Crippen LogP contribution in [-0.2, 0) is 24.2 Å². The topological polar surface area (TPSA) is 56.1 Å². The molecule has 5 heteroatoms. The van der Waals surface area contributed by atoms with Gasteiger partial charge in [0.15, 0.2) is 0 Å². The minimum Gasteiger partial charge on any atom is -0.493 e. The van der Waals surface area contributed by atoms with E-state index in [0.717, 1.165) is 36.7 Å². The molecule has 1 amide bonds. The lowest BCUT2D eigenvalue weighted by Gasteiger charge is -2.08. The first-order valence-electron chi connectivity index (χ1n) is 9.53. The highest BCUT2D eigenvalue weighted by molar-refractivity contribution is 5.91. The van der Waals surface area contributed by atoms with E-state index in [0.29, 0.717) is 13.0 Å². The molecule has 0 saturated carbocycles. The van der Waals surface area contributed by atoms with Crippen molar-refractivity contribution in [3.8, 4) is 5.75 Å². The summed E-state index contributed by atoms with van der Waals surface area (Å²) in [6.07, 6.45) is 8.81. The summed E-state index contributed by atoms with van der Waals surface area (Å²) in [6, 6.07) is 16.3. The lowest BCUT2D eigenvalue weighted by atomic mass is 10.1. The number of hydrogen-bond donors (Lipinski definition) is 1. The Kier molecular flexibility index (Phi) is 5.52. The van der Waals surface area contributed by atoms with Gasteiger partial charge in [-0.3, -0.25) is 4.79 Å². The lowest BCUT2D eigenvalue weighted by molar-refractivity contribution is -0.116. The molecule has 142 valence electrons. The highest BCUT2D eigenvalue weighted by atomic mass is 16.5. The molecule has 1 aliphatic heterocycles. The third kappa shape index (κ3) is 4.49. The van der Waals surface area contributed by atoms with E-state index >= 15 is 0 Å². The third-order valence-electron chi connectivity index (χ3n) is 4.79. The van der Waals surface area contributed by atoms with Crippen LogP contribution in [0.3, 0.4) is 0 Å². The first kappa shape index (κ1) is 18.0. The van der Waals surface area contributed by atoms with Gasteiger partial charge in [0.1, 0.15) is 11.6 Å². The molecule has 0 radical (unpaired) electrons. The van der Waals surface area contributed by atoms with Crippen LogP contribution in [0.5, 0.6) is 5.75 Å². The zero-order chi connectivity index (χ0) is 19.2. The summed E-state index contributed by atoms with van der Waals surface area (Å²) in [6.45, 7) is 2.07. The molecule has 0 fully saturated rings. The van der Waals surface area contributed by atoms with Crippen molar-refractivity contribution in [3.05, 3.63) is 89.5 Å². The van der Waals surface area contributed by atoms with Gasteiger partial charge in [-0.15, -0.1) is 0 Å². The predicted octanol–water partition coefficient (Wildman–Crippen LogP) is 3.24. The summed E-state index contributed by atoms with van der Waals surface area (Å²) in [5.41, 5.74) is 3.44. The van der Waals surface area contributed by atoms with Gasteiger partial charge in [-0.1, -0.05) is 36.4 Å². The lowest BCUT2D eigenvalue weighted by Crippen LogP contribution is -2.24. The molecule has 2 heterocycles. The molecule has 1 aromatic heterocycles. The van der Waals surface area contributed by atoms with Gasteiger partial charge >= 0.3 is 0 Å². The standard InChI is InChI=1S/C23H23N3O2/c27-23(9-7-18-6-8-21-20(16-18)11-15-28-21)25-12-10-22-24-13-14-26(22)17-19-4-2-1-3-5-19/h1-9,13-14,16H,10-12,15,17H2,(H,25,27)/b9-7+. The van der Waals surface area contributed by atoms with Gasteiger partial charge in [0.05, 0.1) is 6.61 Å². The minimum atomic E-state index is -0.0992. The summed E-state index contributed by atoms with van der Waals surface area (Å²) in [4.78, 5) is 16.5. The fraction of sp³-hybridized carbons (Fsp3) is 0.217. The summed E-state index contributed by atoms with van der Waals surface area (Å²) in [5.74, 6) is 1.82. The maximum Gasteiger partial charge on any atom is 0.244 e. The molecule has 1 N–H and O–H groups in total. The van der Waals surface area contributed by atoms with Crippen LogP contribution >= 0.6 is 0 Å². The van der Waals surface area contributed by atoms with Crippen LogP contribution in [-0.4, -0.2) is 28.6 Å². The number of aromatic nitrogens is 2. The first-order valence-corrected chi connectivity index (χ1v) is 9.53. The van der Waals surface area contributed by atoms with Gasteiger partial charge in [0, 0.05) is 44.4 Å². The van der Waals surface area contributed by atoms with Crippen LogP contribution in [0.1, 0.15) is 22.5 Å². The molecule has 0 spiro atoms. The van der Waals surface area contributed by atoms with Crippen molar-refractivity contribution in [2.24, 2.45) is 0 Å². The molecule has 0 bridgehead atoms. The number of nitrogens with one attached hydrogen (secondary N) is 1. The van der Waals surface area contributed by atoms with E-state index < -0.39 is 0 Å². The van der Waals surface area contributed by atoms with Gasteiger partial charge in [-0.25, -0.2) is 4.98 Å². The first-order chi connectivity index (χ1) is 13.8. The van der Waals surface area contributed by atoms with E-state index in [1.54, 1.807) is 12.3 Å². The molecular formula is C23H23N3O2. The molecule has 2 aromatic carbocycles. The van der Waals surface area contributed by atoms with Crippen LogP contribution in [0, 0.1) is 0 Å². The van der Waals surface area contributed by atoms with E-state index in [1.807, 2.05) is 42.6 Å². The van der Waals surface area contributed by atoms with E-state index in [4.69, 9.17) is 4.74 Å². The number of carbonyl (C=O) groups excluding carboxylic acids is 1. The van der Waals surface area contributed by atoms with Gasteiger partial charge in [-0.05, 0) is 34.9 Å². The molecule has 5 nitrogen and oxygen atoms in total. The van der Waals surface area contributed by atoms with E-state index in [2.05, 4.69) is 33.1 Å². The van der Waals surface area contributed by atoms with E-state index in [1.165, 1.54) is 11.1 Å². The van der Waals surface area contributed by atoms with E-state index in [9.17, 15) is 4.79 Å². The summed E-state index contributed by atoms with van der Waals surface area (Å²) in [5, 5.41) is 2.93. The Labute approximate surface area is 164 Å². The number of imidazole rings is 1. The monoisotopic (exact) mass is 373 g/mol. The highest BCUT2D eigenvalue weighted by Crippen LogP contribution is 2.26. The van der Waals surface area contributed by atoms with Crippen LogP contribution in [0.15, 0.2) is 67.0 Å². The van der Waals surface area contributed by atoms with Crippen molar-refractivity contribution in [2.75, 3.05) is 13.2 Å². The number of nitrogens with zero attached hydrogens (tertiary/aromatic N) is 2. The zero-order valence-corrected chi connectivity index (χ0v) is 15.7. The number of amides is 1. The quantitative estimate of drug-likeness (QED) is 0.647. The number of benzene rings is 2. The summed E-state index contributed by atoms with van der Waals surface area (Å²) < 4.78 is 7.62. The number of carbonyl (C=O) groups is 1. The van der Waals surface area contributed by atoms with Gasteiger partial charge in [0.25, 0.3) is 0 Å². The second-order valence-electron chi connectivity index (χ2n) is 6.80. The average Bonchev–Trinajstić information content (AvgIpc) is 3.36. The molecule has 28 heavy (non-hydrogen) atoms. The van der Waals surface area contributed by atoms with Crippen molar-refractivity contribution in [1.29, 1.82) is 0 Å². The van der Waals surface area contributed by atoms with Gasteiger partial charge in [0.2, 0.25) is 5.91 Å². The molecule has 0 atom stereocenters. The number of hydrogen-bond acceptors (Lipinski definition) is 3. The van der Waals surface area contributed by atoms with Crippen molar-refractivity contribution < 1.29 is 9.53 Å². The van der Waals surface area contributed by atoms with E-state index in [-0.39, 0.29) is 5.91 Å². The van der Waals surface area contributed by atoms with Crippen molar-refractivity contribution in [3.63, 3.8) is 0 Å². The summed E-state index contributed by atoms with van der Waals surface area (Å²) in [7, 11) is 0. The molecule has 3 aromatic rings. The predicted molar refractivity (Wildman–Crippen MR) is 109 cm³/mol. The fourth-order valence-corrected chi connectivity index (χ4v) is 3.33. The molecule has 4 rings (SSSR count). The number of ether oxygens (including phenoxy) is 1. The third-order valence-corrected chi connectivity index (χ3v) is 4.79. The van der Waals surface area contributed by atoms with Crippen LogP contribution in [0.2, 0.25) is 0 Å². The van der Waals surface area contributed by atoms with Crippen LogP contribution < -0.4 is 10.1 Å². The molecule has 0 unspecified atom stereocenters. The normalized spacial score (nSPS) is 12.7. The van der Waals surface area contributed by atoms with Crippen molar-refractivity contribution in [2.45, 2.75) is 19.4 Å². The average molecular weight is 373 g/mol. The maximum absolute atomic E-state index is 12.1. The Balaban J connectivity index is 1.27. The van der Waals surface area contributed by atoms with Crippen LogP contribution in [0.4, 0.5) is 0 Å². The van der Waals surface area contributed by atoms with Crippen molar-refractivity contribution >= 4 is 12.0 Å². The zero-order valence-electron chi connectivity index (χ0n) is 15.7. The SMILES string of the molecule is O=C(/C=C/c1ccc2c(c1)CCO2)NCCc1nccn1Cc1ccccc1. The molecule has 0 aliphatic carbocycles. The number of rotatable bonds is 7. The fourth-order valence-electron chi connectivity index (χ4n) is 3.33. The number of fused-ring (bicyclic) bond motifs is 1. The van der Waals surface area contributed by atoms with Crippen LogP contribution in [0.25, 0.3) is 6.08 Å². The Morgan fingerprint density at radius 3 is 3.00 bits per heavy atom. The Bertz CT molecular complexity index is 977. The minimum absolute atomic E-state index is 0.0992. The molecule has 1 aliphatic rings. The smallest absolute Gasteiger partial charge is 0.244 e. The van der Waals surface area contributed by atoms with Gasteiger partial charge in [-0.2, -0.15) is 0 Å². The second kappa shape index (κ2) is 8.57. The molecular weight excluding hydrogens is 350 g/mol. The Morgan fingerprint density at radius 1 is 1.21 bits per heavy atom. The maximum atomic E-state index is 12.1.